The number of hydrogen-bond acceptors (Lipinski definition) is 1. The smallest absolute Gasteiger partial charge is 0.213 e. The van der Waals surface area contributed by atoms with Crippen molar-refractivity contribution >= 4 is 0 Å². The van der Waals surface area contributed by atoms with Gasteiger partial charge in [-0.1, -0.05) is 39.0 Å². The summed E-state index contributed by atoms with van der Waals surface area (Å²) in [5, 5.41) is 0. The van der Waals surface area contributed by atoms with E-state index >= 15 is 0 Å². The number of pyridine rings is 2. The molecule has 2 aromatic heterocycles. The van der Waals surface area contributed by atoms with E-state index in [4.69, 9.17) is 6.85 Å². The van der Waals surface area contributed by atoms with Crippen LogP contribution in [0.2, 0.25) is 0 Å². The van der Waals surface area contributed by atoms with Crippen molar-refractivity contribution in [1.82, 2.24) is 4.98 Å². The molecule has 0 N–H and O–H groups in total. The molecule has 0 bridgehead atoms. The summed E-state index contributed by atoms with van der Waals surface area (Å²) in [7, 11) is 1.83. The normalized spacial score (nSPS) is 16.6. The molecule has 3 aromatic rings. The molecule has 0 aliphatic heterocycles. The lowest BCUT2D eigenvalue weighted by atomic mass is 9.85. The molecule has 0 amide bonds. The largest absolute Gasteiger partial charge is 0.256 e. The Morgan fingerprint density at radius 3 is 2.78 bits per heavy atom. The van der Waals surface area contributed by atoms with Gasteiger partial charge >= 0.3 is 0 Å². The molecule has 27 heavy (non-hydrogen) atoms. The predicted octanol–water partition coefficient (Wildman–Crippen LogP) is 5.35. The standard InChI is InChI=1S/C25H29N2/c1-16-9-10-20-21(12-18-8-7-11-26-24(18)20)23(16)22-13-19(14-25(3,4)5)17(2)15-27(22)6/h7-11,13,15H,12,14H2,1-6H3/q+1/i2D3,14D2. The average molecular weight is 363 g/mol. The van der Waals surface area contributed by atoms with Crippen LogP contribution in [0.15, 0.2) is 42.7 Å². The molecule has 0 radical (unpaired) electrons. The van der Waals surface area contributed by atoms with E-state index in [1.165, 1.54) is 5.56 Å². The highest BCUT2D eigenvalue weighted by atomic mass is 14.9. The van der Waals surface area contributed by atoms with Crippen LogP contribution in [-0.4, -0.2) is 4.98 Å². The first kappa shape index (κ1) is 12.8. The van der Waals surface area contributed by atoms with Gasteiger partial charge in [-0.25, -0.2) is 4.57 Å². The van der Waals surface area contributed by atoms with E-state index < -0.39 is 18.6 Å². The summed E-state index contributed by atoms with van der Waals surface area (Å²) in [5.74, 6) is 0. The summed E-state index contributed by atoms with van der Waals surface area (Å²) in [5.41, 5.74) is 6.78. The Hall–Kier alpha value is -2.48. The number of rotatable bonds is 2. The van der Waals surface area contributed by atoms with Crippen LogP contribution in [0.1, 0.15) is 55.4 Å². The van der Waals surface area contributed by atoms with Crippen LogP contribution in [0, 0.1) is 19.2 Å². The lowest BCUT2D eigenvalue weighted by molar-refractivity contribution is -0.660. The highest BCUT2D eigenvalue weighted by Crippen LogP contribution is 2.41. The van der Waals surface area contributed by atoms with Crippen LogP contribution in [-0.2, 0) is 19.8 Å². The van der Waals surface area contributed by atoms with E-state index in [1.54, 1.807) is 39.2 Å². The fraction of sp³-hybridized carbons (Fsp3) is 0.360. The molecular formula is C25H29N2+. The number of aryl methyl sites for hydroxylation is 3. The predicted molar refractivity (Wildman–Crippen MR) is 112 cm³/mol. The average Bonchev–Trinajstić information content (AvgIpc) is 3.05. The first-order chi connectivity index (χ1) is 14.7. The van der Waals surface area contributed by atoms with Gasteiger partial charge in [-0.05, 0) is 53.9 Å². The first-order valence-corrected chi connectivity index (χ1v) is 9.35. The van der Waals surface area contributed by atoms with Gasteiger partial charge in [0, 0.05) is 36.7 Å². The lowest BCUT2D eigenvalue weighted by Crippen LogP contribution is -2.32. The van der Waals surface area contributed by atoms with E-state index in [2.05, 4.69) is 23.2 Å². The Morgan fingerprint density at radius 1 is 1.22 bits per heavy atom. The van der Waals surface area contributed by atoms with Crippen molar-refractivity contribution in [3.05, 3.63) is 70.5 Å². The Bertz CT molecular complexity index is 1220. The van der Waals surface area contributed by atoms with Crippen molar-refractivity contribution in [2.24, 2.45) is 12.5 Å². The zero-order chi connectivity index (χ0) is 23.6. The molecule has 0 fully saturated rings. The van der Waals surface area contributed by atoms with Crippen LogP contribution >= 0.6 is 0 Å². The second-order valence-electron chi connectivity index (χ2n) is 8.44. The fourth-order valence-electron chi connectivity index (χ4n) is 3.95. The molecule has 0 saturated carbocycles. The minimum absolute atomic E-state index is 0.0545. The Balaban J connectivity index is 2.03. The summed E-state index contributed by atoms with van der Waals surface area (Å²) in [4.78, 5) is 4.58. The maximum atomic E-state index is 8.88. The first-order valence-electron chi connectivity index (χ1n) is 11.8. The maximum absolute atomic E-state index is 8.88. The van der Waals surface area contributed by atoms with Crippen LogP contribution < -0.4 is 4.57 Å². The van der Waals surface area contributed by atoms with E-state index in [-0.39, 0.29) is 11.1 Å². The maximum Gasteiger partial charge on any atom is 0.213 e. The zero-order valence-corrected chi connectivity index (χ0v) is 16.6. The number of benzene rings is 1. The fourth-order valence-corrected chi connectivity index (χ4v) is 3.95. The molecule has 4 rings (SSSR count). The summed E-state index contributed by atoms with van der Waals surface area (Å²) >= 11 is 0. The van der Waals surface area contributed by atoms with Gasteiger partial charge in [-0.3, -0.25) is 4.98 Å². The van der Waals surface area contributed by atoms with Crippen molar-refractivity contribution in [3.63, 3.8) is 0 Å². The molecule has 0 spiro atoms. The molecule has 138 valence electrons. The molecule has 2 nitrogen and oxygen atoms in total. The van der Waals surface area contributed by atoms with Gasteiger partial charge in [0.25, 0.3) is 0 Å². The van der Waals surface area contributed by atoms with Gasteiger partial charge in [-0.2, -0.15) is 0 Å². The highest BCUT2D eigenvalue weighted by molar-refractivity contribution is 5.83. The molecule has 2 heterocycles. The molecule has 1 aromatic carbocycles. The van der Waals surface area contributed by atoms with Gasteiger partial charge in [0.15, 0.2) is 6.20 Å². The highest BCUT2D eigenvalue weighted by Gasteiger charge is 2.28. The lowest BCUT2D eigenvalue weighted by Gasteiger charge is -2.20. The van der Waals surface area contributed by atoms with Crippen LogP contribution in [0.4, 0.5) is 0 Å². The van der Waals surface area contributed by atoms with E-state index in [1.807, 2.05) is 24.6 Å². The molecule has 0 unspecified atom stereocenters. The summed E-state index contributed by atoms with van der Waals surface area (Å²) in [6, 6.07) is 9.94. The SMILES string of the molecule is [2H]C([2H])([2H])c1c[n+](C)c(-c2c(C)ccc3c2Cc2cccnc2-3)cc1C([2H])([2H])C(C)(C)C. The number of nitrogens with zero attached hydrogens (tertiary/aromatic N) is 2. The second kappa shape index (κ2) is 6.30. The topological polar surface area (TPSA) is 16.8 Å². The zero-order valence-electron chi connectivity index (χ0n) is 21.6. The van der Waals surface area contributed by atoms with Gasteiger partial charge in [0.05, 0.1) is 11.3 Å². The van der Waals surface area contributed by atoms with Crippen molar-refractivity contribution < 1.29 is 11.4 Å². The Morgan fingerprint density at radius 2 is 2.04 bits per heavy atom. The number of aromatic nitrogens is 2. The third kappa shape index (κ3) is 3.18. The third-order valence-corrected chi connectivity index (χ3v) is 5.07. The molecule has 1 aliphatic rings. The van der Waals surface area contributed by atoms with Gasteiger partial charge in [-0.15, -0.1) is 0 Å². The van der Waals surface area contributed by atoms with Gasteiger partial charge in [0.2, 0.25) is 5.69 Å². The Labute approximate surface area is 169 Å². The molecule has 2 heteroatoms. The number of fused-ring (bicyclic) bond motifs is 3. The van der Waals surface area contributed by atoms with Gasteiger partial charge in [0.1, 0.15) is 7.05 Å². The van der Waals surface area contributed by atoms with Crippen LogP contribution in [0.3, 0.4) is 0 Å². The quantitative estimate of drug-likeness (QED) is 0.439. The van der Waals surface area contributed by atoms with Crippen molar-refractivity contribution in [1.29, 1.82) is 0 Å². The molecule has 0 atom stereocenters. The minimum atomic E-state index is -2.42. The second-order valence-corrected chi connectivity index (χ2v) is 8.44. The van der Waals surface area contributed by atoms with Crippen molar-refractivity contribution in [3.8, 4) is 22.5 Å². The van der Waals surface area contributed by atoms with E-state index in [0.717, 1.165) is 40.1 Å². The van der Waals surface area contributed by atoms with E-state index in [9.17, 15) is 0 Å². The van der Waals surface area contributed by atoms with Crippen molar-refractivity contribution in [2.45, 2.75) is 47.3 Å². The molecular weight excluding hydrogens is 328 g/mol. The summed E-state index contributed by atoms with van der Waals surface area (Å²) < 4.78 is 43.8. The molecule has 0 saturated heterocycles. The number of hydrogen-bond donors (Lipinski definition) is 0. The van der Waals surface area contributed by atoms with Crippen LogP contribution in [0.25, 0.3) is 22.5 Å². The Kier molecular flexibility index (Phi) is 2.99. The monoisotopic (exact) mass is 362 g/mol. The summed E-state index contributed by atoms with van der Waals surface area (Å²) in [6.45, 7) is 5.03. The van der Waals surface area contributed by atoms with Gasteiger partial charge < -0.3 is 0 Å². The van der Waals surface area contributed by atoms with E-state index in [0.29, 0.717) is 0 Å². The van der Waals surface area contributed by atoms with Crippen LogP contribution in [0.5, 0.6) is 0 Å². The third-order valence-electron chi connectivity index (χ3n) is 5.07. The molecule has 1 aliphatic carbocycles. The minimum Gasteiger partial charge on any atom is -0.256 e. The van der Waals surface area contributed by atoms with Crippen molar-refractivity contribution in [2.75, 3.05) is 0 Å². The summed E-state index contributed by atoms with van der Waals surface area (Å²) in [6.07, 6.45) is 2.29.